The second kappa shape index (κ2) is 23.9. The van der Waals surface area contributed by atoms with Gasteiger partial charge >= 0.3 is 0 Å². The van der Waals surface area contributed by atoms with E-state index in [1.165, 1.54) is 55.6 Å². The summed E-state index contributed by atoms with van der Waals surface area (Å²) in [6.45, 7) is 1.61. The van der Waals surface area contributed by atoms with Gasteiger partial charge in [-0.15, -0.1) is 5.10 Å². The number of aldehydes is 1. The van der Waals surface area contributed by atoms with Gasteiger partial charge in [-0.1, -0.05) is 6.42 Å². The second-order valence-corrected chi connectivity index (χ2v) is 15.2. The highest BCUT2D eigenvalue weighted by molar-refractivity contribution is 6.13. The van der Waals surface area contributed by atoms with Gasteiger partial charge < -0.3 is 59.6 Å². The number of amides is 7. The summed E-state index contributed by atoms with van der Waals surface area (Å²) in [4.78, 5) is 117. The van der Waals surface area contributed by atoms with E-state index < -0.39 is 35.7 Å². The van der Waals surface area contributed by atoms with Crippen molar-refractivity contribution < 1.29 is 38.4 Å². The molecule has 0 radical (unpaired) electrons. The van der Waals surface area contributed by atoms with E-state index in [2.05, 4.69) is 62.5 Å². The van der Waals surface area contributed by atoms with E-state index in [-0.39, 0.29) is 114 Å². The van der Waals surface area contributed by atoms with E-state index in [1.54, 1.807) is 6.07 Å². The maximum atomic E-state index is 13.3. The first-order valence-corrected chi connectivity index (χ1v) is 21.1. The maximum Gasteiger partial charge on any atom is 0.253 e. The van der Waals surface area contributed by atoms with Crippen molar-refractivity contribution in [1.82, 2.24) is 51.6 Å². The number of hydrogen-bond acceptors (Lipinski definition) is 19. The average Bonchev–Trinajstić information content (AvgIpc) is 3.63. The molecular weight excluding hydrogens is 885 g/mol. The fourth-order valence-electron chi connectivity index (χ4n) is 6.59. The molecule has 1 aliphatic heterocycles. The topological polar surface area (TPSA) is 418 Å². The number of carbonyl (C=O) groups is 8. The number of carbonyl (C=O) groups excluding carboxylic acids is 8. The average molecular weight is 937 g/mol. The molecule has 0 fully saturated rings. The Balaban J connectivity index is 1.04. The summed E-state index contributed by atoms with van der Waals surface area (Å²) in [6, 6.07) is 6.85. The van der Waals surface area contributed by atoms with Gasteiger partial charge in [-0.05, 0) is 69.0 Å². The Kier molecular flexibility index (Phi) is 17.7. The molecule has 0 spiro atoms. The molecule has 2 aromatic carbocycles. The SMILES string of the molecule is CC(NC(=O)CNC(=O)CCCCCN1C(=O)C=CC1=O)C(=O)Nc1ccc(C(=O)NCCCC(C=O)NC(=O)c2ccc(NCc3cnc4nc(N)nc(N)c4n3)c(N)c2)c(/C(N)=N/NN)c1. The van der Waals surface area contributed by atoms with Crippen molar-refractivity contribution in [3.63, 3.8) is 0 Å². The van der Waals surface area contributed by atoms with Crippen molar-refractivity contribution in [2.24, 2.45) is 16.7 Å². The molecule has 26 nitrogen and oxygen atoms in total. The van der Waals surface area contributed by atoms with Crippen LogP contribution in [0.4, 0.5) is 28.8 Å². The Hall–Kier alpha value is -8.81. The van der Waals surface area contributed by atoms with Crippen LogP contribution >= 0.6 is 0 Å². The van der Waals surface area contributed by atoms with Crippen LogP contribution in [0.25, 0.3) is 11.2 Å². The monoisotopic (exact) mass is 936 g/mol. The van der Waals surface area contributed by atoms with Crippen LogP contribution in [0.2, 0.25) is 0 Å². The van der Waals surface area contributed by atoms with Crippen LogP contribution in [-0.4, -0.2) is 110 Å². The summed E-state index contributed by atoms with van der Waals surface area (Å²) in [5.74, 6) is 1.72. The van der Waals surface area contributed by atoms with Crippen LogP contribution in [0.3, 0.4) is 0 Å². The molecule has 2 unspecified atom stereocenters. The normalized spacial score (nSPS) is 13.1. The highest BCUT2D eigenvalue weighted by Gasteiger charge is 2.23. The summed E-state index contributed by atoms with van der Waals surface area (Å²) in [7, 11) is 0. The van der Waals surface area contributed by atoms with Gasteiger partial charge in [-0.25, -0.2) is 21.3 Å². The van der Waals surface area contributed by atoms with Gasteiger partial charge in [-0.2, -0.15) is 9.97 Å². The van der Waals surface area contributed by atoms with Crippen molar-refractivity contribution in [3.05, 3.63) is 77.1 Å². The minimum atomic E-state index is -1.04. The van der Waals surface area contributed by atoms with E-state index in [9.17, 15) is 38.4 Å². The molecule has 3 heterocycles. The maximum absolute atomic E-state index is 13.3. The lowest BCUT2D eigenvalue weighted by atomic mass is 10.0. The van der Waals surface area contributed by atoms with Crippen LogP contribution in [0.15, 0.2) is 59.8 Å². The number of aromatic nitrogens is 4. The number of unbranched alkanes of at least 4 members (excludes halogenated alkanes) is 2. The Morgan fingerprint density at radius 2 is 1.62 bits per heavy atom. The Morgan fingerprint density at radius 1 is 0.853 bits per heavy atom. The fraction of sp³-hybridized carbons (Fsp3) is 0.310. The minimum absolute atomic E-state index is 0.0202. The summed E-state index contributed by atoms with van der Waals surface area (Å²) in [5.41, 5.74) is 28.3. The van der Waals surface area contributed by atoms with Crippen molar-refractivity contribution >= 4 is 93.5 Å². The van der Waals surface area contributed by atoms with E-state index in [0.29, 0.717) is 42.4 Å². The molecule has 0 saturated heterocycles. The first-order valence-electron chi connectivity index (χ1n) is 21.1. The molecule has 2 atom stereocenters. The van der Waals surface area contributed by atoms with Gasteiger partial charge in [-0.3, -0.25) is 38.5 Å². The Labute approximate surface area is 388 Å². The molecule has 4 aromatic rings. The number of nitrogens with two attached hydrogens (primary N) is 5. The van der Waals surface area contributed by atoms with Crippen LogP contribution in [0.1, 0.15) is 77.4 Å². The largest absolute Gasteiger partial charge is 0.397 e. The van der Waals surface area contributed by atoms with Crippen LogP contribution in [-0.2, 0) is 35.3 Å². The summed E-state index contributed by atoms with van der Waals surface area (Å²) in [5, 5.41) is 19.9. The lowest BCUT2D eigenvalue weighted by Crippen LogP contribution is -2.45. The zero-order valence-corrected chi connectivity index (χ0v) is 36.8. The van der Waals surface area contributed by atoms with Gasteiger partial charge in [0.15, 0.2) is 22.8 Å². The third-order valence-electron chi connectivity index (χ3n) is 10.1. The molecule has 0 saturated carbocycles. The van der Waals surface area contributed by atoms with Crippen LogP contribution < -0.4 is 66.2 Å². The molecule has 5 rings (SSSR count). The standard InChI is InChI=1S/C42H52N18O8/c1-22(52-32(63)20-50-31(62)7-3-2-4-15-60-33(64)12-13-34(60)65)39(66)54-24-9-10-27(28(17-24)36(44)58-59-47)41(68)48-14-5-6-25(21-61)55-40(67)23-8-11-30(29(43)16-23)49-18-26-19-51-38-35(53-26)37(45)56-42(46)57-38/h8-13,16-17,19,21-22,25,49,59H,2-7,14-15,18,20,43,47H2,1H3,(H2,44,58)(H,48,68)(H,50,62)(H,52,63)(H,54,66)(H,55,67)(H4,45,46,51,56,57). The third-order valence-corrected chi connectivity index (χ3v) is 10.1. The van der Waals surface area contributed by atoms with Crippen molar-refractivity contribution in [3.8, 4) is 0 Å². The number of hydrogen-bond donors (Lipinski definition) is 12. The lowest BCUT2D eigenvalue weighted by molar-refractivity contribution is -0.137. The van der Waals surface area contributed by atoms with Gasteiger partial charge in [0.25, 0.3) is 23.6 Å². The molecule has 358 valence electrons. The molecule has 7 amide bonds. The van der Waals surface area contributed by atoms with Crippen LogP contribution in [0.5, 0.6) is 0 Å². The number of nitrogen functional groups attached to an aromatic ring is 3. The lowest BCUT2D eigenvalue weighted by Gasteiger charge is -2.17. The number of benzene rings is 2. The molecule has 0 aliphatic carbocycles. The number of hydrazone groups is 1. The number of nitrogens with zero attached hydrogens (tertiary/aromatic N) is 6. The number of hydrazine groups is 1. The quantitative estimate of drug-likeness (QED) is 0.00551. The van der Waals surface area contributed by atoms with Crippen molar-refractivity contribution in [2.45, 2.75) is 64.1 Å². The number of imide groups is 1. The van der Waals surface area contributed by atoms with Gasteiger partial charge in [0, 0.05) is 48.5 Å². The van der Waals surface area contributed by atoms with Gasteiger partial charge in [0.2, 0.25) is 23.7 Å². The number of anilines is 5. The first kappa shape index (κ1) is 50.2. The molecule has 1 aliphatic rings. The Bertz CT molecular complexity index is 2620. The van der Waals surface area contributed by atoms with Crippen molar-refractivity contribution in [2.75, 3.05) is 47.5 Å². The first-order chi connectivity index (χ1) is 32.6. The fourth-order valence-corrected chi connectivity index (χ4v) is 6.59. The molecule has 26 heteroatoms. The molecular formula is C42H52N18O8. The van der Waals surface area contributed by atoms with E-state index in [4.69, 9.17) is 28.8 Å². The Morgan fingerprint density at radius 3 is 2.34 bits per heavy atom. The van der Waals surface area contributed by atoms with E-state index in [1.807, 2.05) is 0 Å². The number of amidine groups is 1. The number of nitrogens with one attached hydrogen (secondary N) is 7. The number of fused-ring (bicyclic) bond motifs is 1. The molecule has 2 aromatic heterocycles. The highest BCUT2D eigenvalue weighted by atomic mass is 16.2. The number of rotatable bonds is 24. The molecule has 68 heavy (non-hydrogen) atoms. The zero-order valence-electron chi connectivity index (χ0n) is 36.8. The third kappa shape index (κ3) is 14.1. The van der Waals surface area contributed by atoms with E-state index >= 15 is 0 Å². The summed E-state index contributed by atoms with van der Waals surface area (Å²) < 4.78 is 0. The summed E-state index contributed by atoms with van der Waals surface area (Å²) in [6.07, 6.45) is 6.67. The highest BCUT2D eigenvalue weighted by Crippen LogP contribution is 2.22. The minimum Gasteiger partial charge on any atom is -0.397 e. The van der Waals surface area contributed by atoms with Crippen LogP contribution in [0, 0.1) is 0 Å². The second-order valence-electron chi connectivity index (χ2n) is 15.2. The molecule has 0 bridgehead atoms. The van der Waals surface area contributed by atoms with Crippen molar-refractivity contribution in [1.29, 1.82) is 0 Å². The zero-order chi connectivity index (χ0) is 49.3. The predicted octanol–water partition coefficient (Wildman–Crippen LogP) is -1.59. The predicted molar refractivity (Wildman–Crippen MR) is 249 cm³/mol. The van der Waals surface area contributed by atoms with Gasteiger partial charge in [0.05, 0.1) is 48.0 Å². The molecule has 17 N–H and O–H groups in total. The smallest absolute Gasteiger partial charge is 0.253 e. The summed E-state index contributed by atoms with van der Waals surface area (Å²) >= 11 is 0. The van der Waals surface area contributed by atoms with E-state index in [0.717, 1.165) is 4.90 Å². The van der Waals surface area contributed by atoms with Gasteiger partial charge in [0.1, 0.15) is 12.3 Å².